The van der Waals surface area contributed by atoms with Gasteiger partial charge in [-0.2, -0.15) is 0 Å². The molecule has 2 rings (SSSR count). The third-order valence-electron chi connectivity index (χ3n) is 2.20. The molecule has 0 N–H and O–H groups in total. The van der Waals surface area contributed by atoms with Crippen LogP contribution in [0.5, 0.6) is 0 Å². The summed E-state index contributed by atoms with van der Waals surface area (Å²) in [5.41, 5.74) is 0.724. The molecule has 2 aromatic rings. The predicted octanol–water partition coefficient (Wildman–Crippen LogP) is 3.13. The molecule has 1 heterocycles. The maximum Gasteiger partial charge on any atom is 0.287 e. The summed E-state index contributed by atoms with van der Waals surface area (Å²) in [5.74, 6) is -0.166. The Bertz CT molecular complexity index is 643. The van der Waals surface area contributed by atoms with E-state index in [4.69, 9.17) is 27.6 Å². The molecule has 0 spiro atoms. The molecule has 0 unspecified atom stereocenters. The maximum absolute atomic E-state index is 11.6. The van der Waals surface area contributed by atoms with Crippen LogP contribution in [0.2, 0.25) is 5.02 Å². The highest BCUT2D eigenvalue weighted by molar-refractivity contribution is 6.67. The summed E-state index contributed by atoms with van der Waals surface area (Å²) in [5, 5.41) is 0.00798. The summed E-state index contributed by atoms with van der Waals surface area (Å²) in [6.45, 7) is 1.77. The molecule has 82 valence electrons. The Morgan fingerprint density at radius 3 is 2.62 bits per heavy atom. The topological polar surface area (TPSA) is 47.3 Å². The molecule has 16 heavy (non-hydrogen) atoms. The molecule has 1 aromatic heterocycles. The summed E-state index contributed by atoms with van der Waals surface area (Å²) in [6, 6.07) is 4.17. The molecule has 0 bridgehead atoms. The van der Waals surface area contributed by atoms with Gasteiger partial charge in [0.1, 0.15) is 5.58 Å². The number of hydrogen-bond acceptors (Lipinski definition) is 3. The average molecular weight is 257 g/mol. The van der Waals surface area contributed by atoms with E-state index in [-0.39, 0.29) is 11.2 Å². The molecule has 1 aromatic carbocycles. The fourth-order valence-electron chi connectivity index (χ4n) is 1.37. The van der Waals surface area contributed by atoms with Gasteiger partial charge in [0.05, 0.1) is 5.39 Å². The van der Waals surface area contributed by atoms with Gasteiger partial charge in [0, 0.05) is 11.1 Å². The lowest BCUT2D eigenvalue weighted by molar-refractivity contribution is 0.105. The molecule has 0 atom stereocenters. The van der Waals surface area contributed by atoms with E-state index >= 15 is 0 Å². The predicted molar refractivity (Wildman–Crippen MR) is 62.4 cm³/mol. The van der Waals surface area contributed by atoms with Crippen LogP contribution in [0.4, 0.5) is 0 Å². The van der Waals surface area contributed by atoms with E-state index in [9.17, 15) is 9.59 Å². The fraction of sp³-hybridized carbons (Fsp3) is 0.0909. The normalized spacial score (nSPS) is 10.7. The van der Waals surface area contributed by atoms with Crippen LogP contribution in [0.25, 0.3) is 11.0 Å². The SMILES string of the molecule is Cc1cc2oc(C(=O)Cl)cc(=O)c2cc1Cl. The number of benzene rings is 1. The van der Waals surface area contributed by atoms with Crippen molar-refractivity contribution in [1.29, 1.82) is 0 Å². The minimum absolute atomic E-state index is 0.166. The van der Waals surface area contributed by atoms with Crippen LogP contribution < -0.4 is 5.43 Å². The van der Waals surface area contributed by atoms with Crippen molar-refractivity contribution < 1.29 is 9.21 Å². The van der Waals surface area contributed by atoms with Crippen LogP contribution in [-0.4, -0.2) is 5.24 Å². The minimum Gasteiger partial charge on any atom is -0.451 e. The summed E-state index contributed by atoms with van der Waals surface area (Å²) in [6.07, 6.45) is 0. The van der Waals surface area contributed by atoms with E-state index in [1.807, 2.05) is 0 Å². The average Bonchev–Trinajstić information content (AvgIpc) is 2.20. The van der Waals surface area contributed by atoms with Gasteiger partial charge in [-0.15, -0.1) is 0 Å². The second-order valence-electron chi connectivity index (χ2n) is 3.35. The smallest absolute Gasteiger partial charge is 0.287 e. The molecule has 0 fully saturated rings. The van der Waals surface area contributed by atoms with Gasteiger partial charge in [-0.25, -0.2) is 0 Å². The molecule has 0 aliphatic carbocycles. The highest BCUT2D eigenvalue weighted by Crippen LogP contribution is 2.22. The number of aryl methyl sites for hydroxylation is 1. The van der Waals surface area contributed by atoms with Crippen molar-refractivity contribution in [2.24, 2.45) is 0 Å². The minimum atomic E-state index is -0.799. The van der Waals surface area contributed by atoms with E-state index < -0.39 is 5.24 Å². The monoisotopic (exact) mass is 256 g/mol. The Kier molecular flexibility index (Phi) is 2.74. The first-order valence-corrected chi connectivity index (χ1v) is 5.18. The zero-order valence-electron chi connectivity index (χ0n) is 8.21. The van der Waals surface area contributed by atoms with Crippen LogP contribution in [0.15, 0.2) is 27.4 Å². The Balaban J connectivity index is 2.88. The molecule has 0 amide bonds. The Labute approximate surface area is 101 Å². The number of hydrogen-bond donors (Lipinski definition) is 0. The van der Waals surface area contributed by atoms with Crippen LogP contribution >= 0.6 is 23.2 Å². The molecule has 0 aliphatic heterocycles. The van der Waals surface area contributed by atoms with Crippen molar-refractivity contribution in [2.75, 3.05) is 0 Å². The molecule has 5 heteroatoms. The number of carbonyl (C=O) groups excluding carboxylic acids is 1. The Morgan fingerprint density at radius 1 is 1.31 bits per heavy atom. The summed E-state index contributed by atoms with van der Waals surface area (Å²) in [7, 11) is 0. The summed E-state index contributed by atoms with van der Waals surface area (Å²) in [4.78, 5) is 22.5. The molecule has 0 saturated heterocycles. The van der Waals surface area contributed by atoms with Crippen molar-refractivity contribution >= 4 is 39.4 Å². The van der Waals surface area contributed by atoms with Gasteiger partial charge in [0.15, 0.2) is 11.2 Å². The lowest BCUT2D eigenvalue weighted by Gasteiger charge is -2.02. The lowest BCUT2D eigenvalue weighted by atomic mass is 10.1. The first kappa shape index (κ1) is 11.2. The van der Waals surface area contributed by atoms with Crippen LogP contribution in [-0.2, 0) is 0 Å². The van der Waals surface area contributed by atoms with Crippen LogP contribution in [0, 0.1) is 6.92 Å². The van der Waals surface area contributed by atoms with Crippen LogP contribution in [0.1, 0.15) is 16.1 Å². The van der Waals surface area contributed by atoms with Crippen molar-refractivity contribution in [3.05, 3.63) is 44.8 Å². The van der Waals surface area contributed by atoms with Crippen molar-refractivity contribution in [3.8, 4) is 0 Å². The van der Waals surface area contributed by atoms with E-state index in [2.05, 4.69) is 0 Å². The molecular weight excluding hydrogens is 251 g/mol. The van der Waals surface area contributed by atoms with E-state index in [1.54, 1.807) is 13.0 Å². The Morgan fingerprint density at radius 2 is 2.00 bits per heavy atom. The number of halogens is 2. The molecule has 3 nitrogen and oxygen atoms in total. The van der Waals surface area contributed by atoms with E-state index in [0.29, 0.717) is 16.0 Å². The molecule has 0 radical (unpaired) electrons. The highest BCUT2D eigenvalue weighted by atomic mass is 35.5. The number of carbonyl (C=O) groups is 1. The van der Waals surface area contributed by atoms with Gasteiger partial charge in [0.25, 0.3) is 5.24 Å². The second-order valence-corrected chi connectivity index (χ2v) is 4.10. The lowest BCUT2D eigenvalue weighted by Crippen LogP contribution is -2.04. The molecular formula is C11H6Cl2O3. The Hall–Kier alpha value is -1.32. The third-order valence-corrected chi connectivity index (χ3v) is 2.80. The van der Waals surface area contributed by atoms with Crippen molar-refractivity contribution in [3.63, 3.8) is 0 Å². The second kappa shape index (κ2) is 3.92. The first-order valence-electron chi connectivity index (χ1n) is 4.43. The van der Waals surface area contributed by atoms with Crippen molar-refractivity contribution in [1.82, 2.24) is 0 Å². The van der Waals surface area contributed by atoms with Gasteiger partial charge in [0.2, 0.25) is 0 Å². The van der Waals surface area contributed by atoms with Gasteiger partial charge < -0.3 is 4.42 Å². The zero-order chi connectivity index (χ0) is 11.9. The van der Waals surface area contributed by atoms with Crippen LogP contribution in [0.3, 0.4) is 0 Å². The molecule has 0 saturated carbocycles. The van der Waals surface area contributed by atoms with E-state index in [0.717, 1.165) is 11.6 Å². The standard InChI is InChI=1S/C11H6Cl2O3/c1-5-2-9-6(3-7(5)12)8(14)4-10(16-9)11(13)15/h2-4H,1H3. The van der Waals surface area contributed by atoms with Gasteiger partial charge in [-0.05, 0) is 36.2 Å². The quantitative estimate of drug-likeness (QED) is 0.737. The maximum atomic E-state index is 11.6. The fourth-order valence-corrected chi connectivity index (χ4v) is 1.63. The first-order chi connectivity index (χ1) is 7.49. The third kappa shape index (κ3) is 1.84. The van der Waals surface area contributed by atoms with Gasteiger partial charge in [-0.3, -0.25) is 9.59 Å². The molecule has 0 aliphatic rings. The summed E-state index contributed by atoms with van der Waals surface area (Å²) < 4.78 is 5.20. The van der Waals surface area contributed by atoms with Gasteiger partial charge >= 0.3 is 0 Å². The number of rotatable bonds is 1. The van der Waals surface area contributed by atoms with Gasteiger partial charge in [-0.1, -0.05) is 11.6 Å². The van der Waals surface area contributed by atoms with Crippen molar-refractivity contribution in [2.45, 2.75) is 6.92 Å². The highest BCUT2D eigenvalue weighted by Gasteiger charge is 2.11. The number of fused-ring (bicyclic) bond motifs is 1. The van der Waals surface area contributed by atoms with E-state index in [1.165, 1.54) is 6.07 Å². The zero-order valence-corrected chi connectivity index (χ0v) is 9.72. The summed E-state index contributed by atoms with van der Waals surface area (Å²) >= 11 is 11.1. The largest absolute Gasteiger partial charge is 0.451 e.